The predicted octanol–water partition coefficient (Wildman–Crippen LogP) is 4.15. The summed E-state index contributed by atoms with van der Waals surface area (Å²) in [6, 6.07) is 16.5. The number of fused-ring (bicyclic) bond motifs is 1. The van der Waals surface area contributed by atoms with Crippen LogP contribution in [0.4, 0.5) is 0 Å². The van der Waals surface area contributed by atoms with E-state index in [0.717, 1.165) is 54.8 Å². The molecule has 0 amide bonds. The summed E-state index contributed by atoms with van der Waals surface area (Å²) < 4.78 is 2.05. The summed E-state index contributed by atoms with van der Waals surface area (Å²) in [5, 5.41) is 5.21. The summed E-state index contributed by atoms with van der Waals surface area (Å²) in [6.45, 7) is 4.02. The van der Waals surface area contributed by atoms with Gasteiger partial charge < -0.3 is 9.88 Å². The third kappa shape index (κ3) is 3.06. The second-order valence-electron chi connectivity index (χ2n) is 7.87. The highest BCUT2D eigenvalue weighted by atomic mass is 35.5. The van der Waals surface area contributed by atoms with Crippen LogP contribution in [-0.2, 0) is 0 Å². The highest BCUT2D eigenvalue weighted by Crippen LogP contribution is 2.31. The minimum Gasteiger partial charge on any atom is -0.315 e. The van der Waals surface area contributed by atoms with E-state index < -0.39 is 0 Å². The number of benzene rings is 2. The Balaban J connectivity index is 1.47. The predicted molar refractivity (Wildman–Crippen MR) is 114 cm³/mol. The van der Waals surface area contributed by atoms with Crippen molar-refractivity contribution >= 4 is 28.3 Å². The van der Waals surface area contributed by atoms with Gasteiger partial charge in [0.15, 0.2) is 5.78 Å². The number of rotatable bonds is 4. The van der Waals surface area contributed by atoms with E-state index in [4.69, 9.17) is 11.6 Å². The molecule has 144 valence electrons. The highest BCUT2D eigenvalue weighted by Gasteiger charge is 2.34. The smallest absolute Gasteiger partial charge is 0.169 e. The number of hydrogen-bond donors (Lipinski definition) is 1. The molecule has 28 heavy (non-hydrogen) atoms. The number of para-hydroxylation sites is 2. The molecule has 3 aromatic rings. The average molecular weight is 394 g/mol. The first-order valence-corrected chi connectivity index (χ1v) is 10.4. The number of nitrogens with one attached hydrogen (secondary N) is 1. The molecule has 5 heteroatoms. The first-order chi connectivity index (χ1) is 13.7. The largest absolute Gasteiger partial charge is 0.315 e. The molecule has 2 aliphatic heterocycles. The second-order valence-corrected chi connectivity index (χ2v) is 8.28. The lowest BCUT2D eigenvalue weighted by Crippen LogP contribution is -2.35. The second kappa shape index (κ2) is 7.36. The lowest BCUT2D eigenvalue weighted by atomic mass is 9.95. The van der Waals surface area contributed by atoms with Crippen molar-refractivity contribution in [1.82, 2.24) is 14.8 Å². The molecule has 2 saturated heterocycles. The van der Waals surface area contributed by atoms with Gasteiger partial charge >= 0.3 is 0 Å². The van der Waals surface area contributed by atoms with Crippen LogP contribution in [0, 0.1) is 5.92 Å². The van der Waals surface area contributed by atoms with Gasteiger partial charge in [-0.15, -0.1) is 0 Å². The van der Waals surface area contributed by atoms with Gasteiger partial charge in [-0.2, -0.15) is 0 Å². The number of halogens is 1. The van der Waals surface area contributed by atoms with E-state index in [0.29, 0.717) is 11.1 Å². The summed E-state index contributed by atoms with van der Waals surface area (Å²) in [5.41, 5.74) is 2.65. The molecule has 0 spiro atoms. The molecule has 0 saturated carbocycles. The summed E-state index contributed by atoms with van der Waals surface area (Å²) in [7, 11) is 0. The number of carbonyl (C=O) groups is 1. The molecule has 4 nitrogen and oxygen atoms in total. The maximum Gasteiger partial charge on any atom is 0.169 e. The van der Waals surface area contributed by atoms with Crippen LogP contribution in [-0.4, -0.2) is 47.5 Å². The van der Waals surface area contributed by atoms with E-state index in [1.54, 1.807) is 0 Å². The molecule has 5 rings (SSSR count). The molecule has 1 N–H and O–H groups in total. The van der Waals surface area contributed by atoms with Crippen LogP contribution in [0.3, 0.4) is 0 Å². The summed E-state index contributed by atoms with van der Waals surface area (Å²) in [5.74, 6) is 0.317. The Hall–Kier alpha value is -2.14. The van der Waals surface area contributed by atoms with Crippen molar-refractivity contribution in [3.8, 4) is 5.69 Å². The maximum atomic E-state index is 13.5. The summed E-state index contributed by atoms with van der Waals surface area (Å²) >= 11 is 6.49. The van der Waals surface area contributed by atoms with Crippen LogP contribution < -0.4 is 5.32 Å². The Morgan fingerprint density at radius 1 is 1.07 bits per heavy atom. The van der Waals surface area contributed by atoms with Crippen LogP contribution in [0.5, 0.6) is 0 Å². The minimum atomic E-state index is 0.0686. The average Bonchev–Trinajstić information content (AvgIpc) is 3.47. The van der Waals surface area contributed by atoms with Crippen LogP contribution in [0.1, 0.15) is 23.2 Å². The number of hydrogen-bond acceptors (Lipinski definition) is 3. The normalized spacial score (nSPS) is 22.9. The van der Waals surface area contributed by atoms with Gasteiger partial charge in [-0.25, -0.2) is 0 Å². The number of aromatic nitrogens is 1. The number of nitrogens with zero attached hydrogens (tertiary/aromatic N) is 2. The first-order valence-electron chi connectivity index (χ1n) is 10.1. The zero-order valence-electron chi connectivity index (χ0n) is 15.8. The lowest BCUT2D eigenvalue weighted by molar-refractivity contribution is 0.0919. The van der Waals surface area contributed by atoms with Gasteiger partial charge in [-0.3, -0.25) is 9.69 Å². The lowest BCUT2D eigenvalue weighted by Gasteiger charge is -2.22. The van der Waals surface area contributed by atoms with Gasteiger partial charge in [0, 0.05) is 42.2 Å². The monoisotopic (exact) mass is 393 g/mol. The highest BCUT2D eigenvalue weighted by molar-refractivity contribution is 6.35. The fourth-order valence-electron chi connectivity index (χ4n) is 4.75. The van der Waals surface area contributed by atoms with Crippen molar-refractivity contribution in [3.63, 3.8) is 0 Å². The molecule has 2 aromatic carbocycles. The van der Waals surface area contributed by atoms with Gasteiger partial charge in [0.05, 0.1) is 16.2 Å². The fourth-order valence-corrected chi connectivity index (χ4v) is 5.02. The quantitative estimate of drug-likeness (QED) is 0.676. The van der Waals surface area contributed by atoms with E-state index in [1.165, 1.54) is 6.42 Å². The Morgan fingerprint density at radius 3 is 2.82 bits per heavy atom. The zero-order chi connectivity index (χ0) is 19.1. The number of carbonyl (C=O) groups excluding carboxylic acids is 1. The van der Waals surface area contributed by atoms with Gasteiger partial charge in [0.25, 0.3) is 0 Å². The number of ketones is 1. The van der Waals surface area contributed by atoms with Gasteiger partial charge in [-0.05, 0) is 50.2 Å². The molecule has 3 heterocycles. The Labute approximate surface area is 170 Å². The zero-order valence-corrected chi connectivity index (χ0v) is 16.5. The van der Waals surface area contributed by atoms with Crippen molar-refractivity contribution in [1.29, 1.82) is 0 Å². The van der Waals surface area contributed by atoms with E-state index in [2.05, 4.69) is 14.8 Å². The Bertz CT molecular complexity index is 1020. The molecule has 2 fully saturated rings. The van der Waals surface area contributed by atoms with Crippen molar-refractivity contribution in [2.24, 2.45) is 5.92 Å². The van der Waals surface area contributed by atoms with Crippen LogP contribution >= 0.6 is 11.6 Å². The van der Waals surface area contributed by atoms with Gasteiger partial charge in [-0.1, -0.05) is 35.9 Å². The van der Waals surface area contributed by atoms with Crippen molar-refractivity contribution in [2.45, 2.75) is 18.9 Å². The van der Waals surface area contributed by atoms with Crippen molar-refractivity contribution < 1.29 is 4.79 Å². The van der Waals surface area contributed by atoms with E-state index in [1.807, 2.05) is 54.7 Å². The van der Waals surface area contributed by atoms with Crippen molar-refractivity contribution in [3.05, 3.63) is 65.3 Å². The molecule has 0 aliphatic carbocycles. The summed E-state index contributed by atoms with van der Waals surface area (Å²) in [6.07, 6.45) is 4.13. The third-order valence-corrected chi connectivity index (χ3v) is 6.54. The molecule has 0 bridgehead atoms. The van der Waals surface area contributed by atoms with E-state index >= 15 is 0 Å². The summed E-state index contributed by atoms with van der Waals surface area (Å²) in [4.78, 5) is 15.9. The topological polar surface area (TPSA) is 37.3 Å². The molecular weight excluding hydrogens is 370 g/mol. The van der Waals surface area contributed by atoms with E-state index in [-0.39, 0.29) is 11.7 Å². The molecular formula is C23H24ClN3O. The first kappa shape index (κ1) is 17.9. The minimum absolute atomic E-state index is 0.0686. The number of Topliss-reactive ketones (excluding diaryl/α,β-unsaturated/α-hetero) is 1. The standard InChI is InChI=1S/C23H24ClN3O/c24-20-6-3-4-16-10-13-27(22(16)20)21-7-2-1-5-19(21)23(28)17-9-12-26(15-17)18-8-11-25-14-18/h1-7,10,13,17-18,25H,8-9,11-12,14-15H2. The number of likely N-dealkylation sites (tertiary alicyclic amines) is 1. The SMILES string of the molecule is O=C(c1ccccc1-n1ccc2cccc(Cl)c21)C1CCN(C2CCNC2)C1. The third-order valence-electron chi connectivity index (χ3n) is 6.23. The Kier molecular flexibility index (Phi) is 4.71. The van der Waals surface area contributed by atoms with Crippen LogP contribution in [0.15, 0.2) is 54.7 Å². The molecule has 2 aliphatic rings. The van der Waals surface area contributed by atoms with Gasteiger partial charge in [0.2, 0.25) is 0 Å². The van der Waals surface area contributed by atoms with Crippen LogP contribution in [0.2, 0.25) is 5.02 Å². The van der Waals surface area contributed by atoms with Crippen LogP contribution in [0.25, 0.3) is 16.6 Å². The fraction of sp³-hybridized carbons (Fsp3) is 0.348. The molecule has 2 atom stereocenters. The molecule has 0 radical (unpaired) electrons. The Morgan fingerprint density at radius 2 is 1.96 bits per heavy atom. The molecule has 1 aromatic heterocycles. The van der Waals surface area contributed by atoms with Crippen molar-refractivity contribution in [2.75, 3.05) is 26.2 Å². The van der Waals surface area contributed by atoms with E-state index in [9.17, 15) is 4.79 Å². The molecule has 2 unspecified atom stereocenters. The maximum absolute atomic E-state index is 13.5. The van der Waals surface area contributed by atoms with Gasteiger partial charge in [0.1, 0.15) is 0 Å².